The number of hydrogen-bond acceptors (Lipinski definition) is 2. The Bertz CT molecular complexity index is 833. The molecule has 0 heterocycles. The molecule has 0 N–H and O–H groups in total. The summed E-state index contributed by atoms with van der Waals surface area (Å²) in [4.78, 5) is 0. The number of nitrogens with zero attached hydrogens (tertiary/aromatic N) is 2. The minimum Gasteiger partial charge on any atom is -0.234 e. The molecule has 4 aromatic carbocycles. The van der Waals surface area contributed by atoms with Gasteiger partial charge in [0.25, 0.3) is 0 Å². The van der Waals surface area contributed by atoms with Crippen LogP contribution in [0.5, 0.6) is 0 Å². The van der Waals surface area contributed by atoms with Crippen molar-refractivity contribution in [1.29, 1.82) is 0 Å². The third kappa shape index (κ3) is 4.18. The Labute approximate surface area is 166 Å². The molecule has 0 saturated heterocycles. The van der Waals surface area contributed by atoms with Gasteiger partial charge in [-0.3, -0.25) is 0 Å². The molecule has 0 aliphatic heterocycles. The molecule has 0 unspecified atom stereocenters. The lowest BCUT2D eigenvalue weighted by atomic mass is 9.92. The fraction of sp³-hybridized carbons (Fsp3) is 0.0385. The summed E-state index contributed by atoms with van der Waals surface area (Å²) >= 11 is 0. The van der Waals surface area contributed by atoms with Crippen LogP contribution in [0.3, 0.4) is 0 Å². The van der Waals surface area contributed by atoms with Crippen LogP contribution in [0.2, 0.25) is 0 Å². The highest BCUT2D eigenvalue weighted by Gasteiger charge is 2.13. The topological polar surface area (TPSA) is 15.6 Å². The zero-order valence-corrected chi connectivity index (χ0v) is 15.6. The van der Waals surface area contributed by atoms with Crippen molar-refractivity contribution in [3.8, 4) is 0 Å². The average molecular weight is 362 g/mol. The summed E-state index contributed by atoms with van der Waals surface area (Å²) in [5.41, 5.74) is 4.51. The maximum Gasteiger partial charge on any atom is 0.0652 e. The Morgan fingerprint density at radius 1 is 0.500 bits per heavy atom. The standard InChI is InChI=1S/C26H22N2/c1-5-13-22(14-6-1)26(23-15-7-2-8-16-23)21-27-28(24-17-9-3-10-18-24)25-19-11-4-12-20-25/h1-21,26H. The predicted octanol–water partition coefficient (Wildman–Crippen LogP) is 6.64. The predicted molar refractivity (Wildman–Crippen MR) is 118 cm³/mol. The summed E-state index contributed by atoms with van der Waals surface area (Å²) < 4.78 is 0. The fourth-order valence-corrected chi connectivity index (χ4v) is 3.24. The lowest BCUT2D eigenvalue weighted by molar-refractivity contribution is 1.04. The smallest absolute Gasteiger partial charge is 0.0652 e. The number of anilines is 2. The van der Waals surface area contributed by atoms with Crippen molar-refractivity contribution in [2.75, 3.05) is 5.01 Å². The van der Waals surface area contributed by atoms with E-state index in [2.05, 4.69) is 72.8 Å². The summed E-state index contributed by atoms with van der Waals surface area (Å²) in [6, 6.07) is 41.5. The van der Waals surface area contributed by atoms with Crippen molar-refractivity contribution >= 4 is 17.6 Å². The van der Waals surface area contributed by atoms with E-state index in [1.54, 1.807) is 0 Å². The first kappa shape index (κ1) is 17.7. The first-order valence-corrected chi connectivity index (χ1v) is 9.46. The molecule has 2 heteroatoms. The average Bonchev–Trinajstić information content (AvgIpc) is 2.79. The van der Waals surface area contributed by atoms with Gasteiger partial charge in [-0.15, -0.1) is 0 Å². The number of para-hydroxylation sites is 2. The maximum atomic E-state index is 4.93. The minimum absolute atomic E-state index is 0.0809. The summed E-state index contributed by atoms with van der Waals surface area (Å²) in [6.07, 6.45) is 2.03. The molecule has 136 valence electrons. The monoisotopic (exact) mass is 362 g/mol. The lowest BCUT2D eigenvalue weighted by Crippen LogP contribution is -2.12. The molecule has 0 aliphatic carbocycles. The van der Waals surface area contributed by atoms with Crippen LogP contribution in [0.25, 0.3) is 0 Å². The van der Waals surface area contributed by atoms with Crippen LogP contribution in [-0.2, 0) is 0 Å². The zero-order chi connectivity index (χ0) is 19.0. The first-order chi connectivity index (χ1) is 13.9. The Kier molecular flexibility index (Phi) is 5.60. The normalized spacial score (nSPS) is 11.0. The number of hydrogen-bond donors (Lipinski definition) is 0. The van der Waals surface area contributed by atoms with Gasteiger partial charge in [0.05, 0.1) is 11.4 Å². The largest absolute Gasteiger partial charge is 0.234 e. The Balaban J connectivity index is 1.75. The van der Waals surface area contributed by atoms with Crippen LogP contribution in [0.15, 0.2) is 126 Å². The summed E-state index contributed by atoms with van der Waals surface area (Å²) in [5.74, 6) is 0.0809. The van der Waals surface area contributed by atoms with Crippen LogP contribution in [0.1, 0.15) is 17.0 Å². The molecule has 2 nitrogen and oxygen atoms in total. The van der Waals surface area contributed by atoms with E-state index in [0.29, 0.717) is 0 Å². The van der Waals surface area contributed by atoms with Crippen LogP contribution in [0.4, 0.5) is 11.4 Å². The van der Waals surface area contributed by atoms with Crippen molar-refractivity contribution in [3.63, 3.8) is 0 Å². The van der Waals surface area contributed by atoms with E-state index in [0.717, 1.165) is 11.4 Å². The van der Waals surface area contributed by atoms with Gasteiger partial charge >= 0.3 is 0 Å². The molecule has 0 aliphatic rings. The van der Waals surface area contributed by atoms with Crippen molar-refractivity contribution in [2.45, 2.75) is 5.92 Å². The van der Waals surface area contributed by atoms with Crippen LogP contribution in [0, 0.1) is 0 Å². The molecule has 4 rings (SSSR count). The van der Waals surface area contributed by atoms with E-state index in [1.165, 1.54) is 11.1 Å². The molecule has 4 aromatic rings. The Morgan fingerprint density at radius 2 is 0.857 bits per heavy atom. The maximum absolute atomic E-state index is 4.93. The highest BCUT2D eigenvalue weighted by Crippen LogP contribution is 2.27. The van der Waals surface area contributed by atoms with Crippen molar-refractivity contribution < 1.29 is 0 Å². The molecule has 0 bridgehead atoms. The third-order valence-electron chi connectivity index (χ3n) is 4.65. The summed E-state index contributed by atoms with van der Waals surface area (Å²) in [5, 5.41) is 6.91. The molecule has 28 heavy (non-hydrogen) atoms. The highest BCUT2D eigenvalue weighted by molar-refractivity contribution is 5.76. The molecule has 0 saturated carbocycles. The van der Waals surface area contributed by atoms with Crippen LogP contribution >= 0.6 is 0 Å². The Hall–Kier alpha value is -3.65. The van der Waals surface area contributed by atoms with Crippen molar-refractivity contribution in [3.05, 3.63) is 132 Å². The molecular weight excluding hydrogens is 340 g/mol. The van der Waals surface area contributed by atoms with Gasteiger partial charge in [0.1, 0.15) is 0 Å². The van der Waals surface area contributed by atoms with Crippen molar-refractivity contribution in [1.82, 2.24) is 0 Å². The minimum atomic E-state index is 0.0809. The molecule has 0 fully saturated rings. The highest BCUT2D eigenvalue weighted by atomic mass is 15.5. The van der Waals surface area contributed by atoms with Crippen LogP contribution < -0.4 is 5.01 Å². The van der Waals surface area contributed by atoms with Gasteiger partial charge in [-0.05, 0) is 35.4 Å². The van der Waals surface area contributed by atoms with Crippen LogP contribution in [-0.4, -0.2) is 6.21 Å². The quantitative estimate of drug-likeness (QED) is 0.277. The lowest BCUT2D eigenvalue weighted by Gasteiger charge is -2.21. The summed E-state index contributed by atoms with van der Waals surface area (Å²) in [7, 11) is 0. The van der Waals surface area contributed by atoms with Gasteiger partial charge < -0.3 is 0 Å². The van der Waals surface area contributed by atoms with E-state index in [9.17, 15) is 0 Å². The molecule has 0 aromatic heterocycles. The van der Waals surface area contributed by atoms with E-state index < -0.39 is 0 Å². The second-order valence-electron chi connectivity index (χ2n) is 6.55. The van der Waals surface area contributed by atoms with E-state index in [-0.39, 0.29) is 5.92 Å². The first-order valence-electron chi connectivity index (χ1n) is 9.46. The van der Waals surface area contributed by atoms with Gasteiger partial charge in [-0.2, -0.15) is 5.10 Å². The molecule has 0 atom stereocenters. The number of benzene rings is 4. The second kappa shape index (κ2) is 8.83. The van der Waals surface area contributed by atoms with E-state index >= 15 is 0 Å². The molecule has 0 spiro atoms. The molecule has 0 radical (unpaired) electrons. The molecule has 0 amide bonds. The van der Waals surface area contributed by atoms with Crippen molar-refractivity contribution in [2.24, 2.45) is 5.10 Å². The Morgan fingerprint density at radius 3 is 1.25 bits per heavy atom. The number of hydrazone groups is 1. The van der Waals surface area contributed by atoms with Gasteiger partial charge in [0, 0.05) is 12.1 Å². The van der Waals surface area contributed by atoms with Gasteiger partial charge in [0.2, 0.25) is 0 Å². The number of rotatable bonds is 6. The SMILES string of the molecule is C(=NN(c1ccccc1)c1ccccc1)C(c1ccccc1)c1ccccc1. The van der Waals surface area contributed by atoms with Gasteiger partial charge in [0.15, 0.2) is 0 Å². The van der Waals surface area contributed by atoms with Gasteiger partial charge in [-0.1, -0.05) is 97.1 Å². The zero-order valence-electron chi connectivity index (χ0n) is 15.6. The second-order valence-corrected chi connectivity index (χ2v) is 6.55. The van der Waals surface area contributed by atoms with E-state index in [4.69, 9.17) is 5.10 Å². The molecular formula is C26H22N2. The third-order valence-corrected chi connectivity index (χ3v) is 4.65. The fourth-order valence-electron chi connectivity index (χ4n) is 3.24. The van der Waals surface area contributed by atoms with E-state index in [1.807, 2.05) is 59.8 Å². The van der Waals surface area contributed by atoms with Gasteiger partial charge in [-0.25, -0.2) is 5.01 Å². The summed E-state index contributed by atoms with van der Waals surface area (Å²) in [6.45, 7) is 0.